The zero-order valence-electron chi connectivity index (χ0n) is 21.3. The van der Waals surface area contributed by atoms with Crippen LogP contribution in [0, 0.1) is 12.7 Å². The molecule has 0 aliphatic carbocycles. The number of aryl methyl sites for hydroxylation is 1. The van der Waals surface area contributed by atoms with Gasteiger partial charge in [-0.2, -0.15) is 0 Å². The Morgan fingerprint density at radius 2 is 1.71 bits per heavy atom. The van der Waals surface area contributed by atoms with Gasteiger partial charge in [0.25, 0.3) is 0 Å². The molecule has 0 unspecified atom stereocenters. The number of likely N-dealkylation sites (tertiary alicyclic amines) is 1. The summed E-state index contributed by atoms with van der Waals surface area (Å²) >= 11 is 1.64. The average molecular weight is 502 g/mol. The Morgan fingerprint density at radius 1 is 0.971 bits per heavy atom. The quantitative estimate of drug-likeness (QED) is 0.316. The van der Waals surface area contributed by atoms with E-state index in [1.165, 1.54) is 25.0 Å². The third-order valence-corrected chi connectivity index (χ3v) is 7.76. The van der Waals surface area contributed by atoms with Gasteiger partial charge >= 0.3 is 0 Å². The summed E-state index contributed by atoms with van der Waals surface area (Å²) in [5.41, 5.74) is 2.04. The number of hydrogen-bond acceptors (Lipinski definition) is 4. The van der Waals surface area contributed by atoms with Gasteiger partial charge in [0, 0.05) is 30.9 Å². The normalized spacial score (nSPS) is 13.8. The third-order valence-electron chi connectivity index (χ3n) is 6.75. The van der Waals surface area contributed by atoms with Gasteiger partial charge in [-0.25, -0.2) is 4.39 Å². The minimum Gasteiger partial charge on any atom is -0.332 e. The molecule has 2 amide bonds. The first kappa shape index (κ1) is 27.3. The predicted molar refractivity (Wildman–Crippen MR) is 141 cm³/mol. The summed E-state index contributed by atoms with van der Waals surface area (Å²) in [5.74, 6) is -0.282. The highest BCUT2D eigenvalue weighted by molar-refractivity contribution is 7.10. The molecular weight excluding hydrogens is 461 g/mol. The number of hydrogen-bond donors (Lipinski definition) is 0. The molecule has 0 radical (unpaired) electrons. The molecule has 2 heterocycles. The molecule has 3 rings (SSSR count). The van der Waals surface area contributed by atoms with Crippen molar-refractivity contribution in [2.75, 3.05) is 32.7 Å². The summed E-state index contributed by atoms with van der Waals surface area (Å²) in [4.78, 5) is 33.8. The fraction of sp³-hybridized carbons (Fsp3) is 0.571. The van der Waals surface area contributed by atoms with E-state index in [1.54, 1.807) is 33.3 Å². The maximum atomic E-state index is 13.6. The summed E-state index contributed by atoms with van der Waals surface area (Å²) in [6.07, 6.45) is 7.08. The zero-order valence-corrected chi connectivity index (χ0v) is 22.1. The van der Waals surface area contributed by atoms with E-state index in [-0.39, 0.29) is 24.2 Å². The van der Waals surface area contributed by atoms with Gasteiger partial charge in [-0.1, -0.05) is 38.3 Å². The van der Waals surface area contributed by atoms with E-state index in [9.17, 15) is 14.0 Å². The van der Waals surface area contributed by atoms with Crippen molar-refractivity contribution < 1.29 is 14.0 Å². The van der Waals surface area contributed by atoms with Gasteiger partial charge in [0.2, 0.25) is 11.8 Å². The van der Waals surface area contributed by atoms with E-state index in [1.807, 2.05) is 5.38 Å². The second kappa shape index (κ2) is 14.3. The standard InChI is InChI=1S/C28H40FN3O2S/c1-3-4-5-6-9-27(33)31(18-17-30-15-7-8-16-30)22-28(34)32(21-26-23(2)14-19-35-26)20-24-10-12-25(29)13-11-24/h10-14,19H,3-9,15-18,20-22H2,1-2H3. The monoisotopic (exact) mass is 501 g/mol. The number of benzene rings is 1. The van der Waals surface area contributed by atoms with E-state index in [0.29, 0.717) is 26.1 Å². The fourth-order valence-corrected chi connectivity index (χ4v) is 5.39. The Balaban J connectivity index is 1.70. The van der Waals surface area contributed by atoms with Crippen molar-refractivity contribution in [3.05, 3.63) is 57.5 Å². The number of amides is 2. The van der Waals surface area contributed by atoms with Crippen LogP contribution in [0.3, 0.4) is 0 Å². The largest absolute Gasteiger partial charge is 0.332 e. The Kier molecular flexibility index (Phi) is 11.2. The van der Waals surface area contributed by atoms with Crippen LogP contribution in [0.4, 0.5) is 4.39 Å². The van der Waals surface area contributed by atoms with Crippen molar-refractivity contribution in [3.63, 3.8) is 0 Å². The SMILES string of the molecule is CCCCCCC(=O)N(CCN1CCCC1)CC(=O)N(Cc1ccc(F)cc1)Cc1sccc1C. The molecule has 0 N–H and O–H groups in total. The Bertz CT molecular complexity index is 925. The van der Waals surface area contributed by atoms with E-state index >= 15 is 0 Å². The van der Waals surface area contributed by atoms with Crippen LogP contribution in [0.5, 0.6) is 0 Å². The Morgan fingerprint density at radius 3 is 2.37 bits per heavy atom. The van der Waals surface area contributed by atoms with Crippen LogP contribution in [0.25, 0.3) is 0 Å². The van der Waals surface area contributed by atoms with Crippen LogP contribution in [0.1, 0.15) is 67.9 Å². The second-order valence-electron chi connectivity index (χ2n) is 9.58. The summed E-state index contributed by atoms with van der Waals surface area (Å²) in [6, 6.07) is 8.36. The van der Waals surface area contributed by atoms with Gasteiger partial charge in [0.05, 0.1) is 13.1 Å². The van der Waals surface area contributed by atoms with Crippen LogP contribution < -0.4 is 0 Å². The molecule has 1 saturated heterocycles. The first-order valence-corrected chi connectivity index (χ1v) is 13.9. The van der Waals surface area contributed by atoms with Crippen LogP contribution in [-0.4, -0.2) is 59.2 Å². The number of thiophene rings is 1. The van der Waals surface area contributed by atoms with Gasteiger partial charge in [-0.3, -0.25) is 9.59 Å². The highest BCUT2D eigenvalue weighted by atomic mass is 32.1. The second-order valence-corrected chi connectivity index (χ2v) is 10.6. The molecule has 2 aromatic rings. The zero-order chi connectivity index (χ0) is 25.0. The van der Waals surface area contributed by atoms with Crippen molar-refractivity contribution in [3.8, 4) is 0 Å². The van der Waals surface area contributed by atoms with E-state index in [4.69, 9.17) is 0 Å². The number of carbonyl (C=O) groups excluding carboxylic acids is 2. The highest BCUT2D eigenvalue weighted by Gasteiger charge is 2.23. The Hall–Kier alpha value is -2.25. The predicted octanol–water partition coefficient (Wildman–Crippen LogP) is 5.62. The lowest BCUT2D eigenvalue weighted by Crippen LogP contribution is -2.45. The first-order valence-electron chi connectivity index (χ1n) is 13.0. The summed E-state index contributed by atoms with van der Waals surface area (Å²) in [7, 11) is 0. The van der Waals surface area contributed by atoms with Crippen LogP contribution in [0.2, 0.25) is 0 Å². The number of nitrogens with zero attached hydrogens (tertiary/aromatic N) is 3. The van der Waals surface area contributed by atoms with Crippen molar-refractivity contribution in [2.45, 2.75) is 71.9 Å². The van der Waals surface area contributed by atoms with Crippen molar-refractivity contribution >= 4 is 23.2 Å². The van der Waals surface area contributed by atoms with Gasteiger partial charge in [0.15, 0.2) is 0 Å². The van der Waals surface area contributed by atoms with E-state index in [2.05, 4.69) is 24.8 Å². The molecule has 5 nitrogen and oxygen atoms in total. The summed E-state index contributed by atoms with van der Waals surface area (Å²) in [5, 5.41) is 2.04. The lowest BCUT2D eigenvalue weighted by molar-refractivity contribution is -0.141. The van der Waals surface area contributed by atoms with Crippen molar-refractivity contribution in [1.29, 1.82) is 0 Å². The van der Waals surface area contributed by atoms with Crippen LogP contribution in [-0.2, 0) is 22.7 Å². The lowest BCUT2D eigenvalue weighted by Gasteiger charge is -2.29. The van der Waals surface area contributed by atoms with Crippen LogP contribution in [0.15, 0.2) is 35.7 Å². The molecule has 7 heteroatoms. The maximum absolute atomic E-state index is 13.6. The third kappa shape index (κ3) is 9.04. The van der Waals surface area contributed by atoms with Crippen LogP contribution >= 0.6 is 11.3 Å². The average Bonchev–Trinajstić information content (AvgIpc) is 3.52. The van der Waals surface area contributed by atoms with Crippen molar-refractivity contribution in [1.82, 2.24) is 14.7 Å². The van der Waals surface area contributed by atoms with Crippen molar-refractivity contribution in [2.24, 2.45) is 0 Å². The molecule has 0 atom stereocenters. The number of halogens is 1. The lowest BCUT2D eigenvalue weighted by atomic mass is 10.1. The Labute approximate surface area is 213 Å². The molecule has 1 aromatic carbocycles. The molecule has 1 aromatic heterocycles. The minimum atomic E-state index is -0.289. The molecule has 1 fully saturated rings. The molecule has 192 valence electrons. The highest BCUT2D eigenvalue weighted by Crippen LogP contribution is 2.20. The van der Waals surface area contributed by atoms with Gasteiger partial charge < -0.3 is 14.7 Å². The van der Waals surface area contributed by atoms with Gasteiger partial charge in [0.1, 0.15) is 5.82 Å². The smallest absolute Gasteiger partial charge is 0.242 e. The molecule has 35 heavy (non-hydrogen) atoms. The topological polar surface area (TPSA) is 43.9 Å². The molecule has 0 bridgehead atoms. The summed E-state index contributed by atoms with van der Waals surface area (Å²) < 4.78 is 13.4. The first-order chi connectivity index (χ1) is 17.0. The summed E-state index contributed by atoms with van der Waals surface area (Å²) in [6.45, 7) is 8.72. The van der Waals surface area contributed by atoms with E-state index < -0.39 is 0 Å². The maximum Gasteiger partial charge on any atom is 0.242 e. The molecule has 0 spiro atoms. The fourth-order valence-electron chi connectivity index (χ4n) is 4.47. The number of rotatable bonds is 14. The minimum absolute atomic E-state index is 0.0644. The molecule has 1 aliphatic rings. The molecule has 1 aliphatic heterocycles. The number of unbranched alkanes of at least 4 members (excludes halogenated alkanes) is 3. The molecule has 0 saturated carbocycles. The number of carbonyl (C=O) groups is 2. The van der Waals surface area contributed by atoms with Gasteiger partial charge in [-0.05, 0) is 74.0 Å². The van der Waals surface area contributed by atoms with Gasteiger partial charge in [-0.15, -0.1) is 11.3 Å². The van der Waals surface area contributed by atoms with E-state index in [0.717, 1.165) is 61.3 Å². The molecular formula is C28H40FN3O2S.